The maximum atomic E-state index is 10.5. The number of methoxy groups -OCH3 is 1. The van der Waals surface area contributed by atoms with Gasteiger partial charge in [0.15, 0.2) is 0 Å². The third-order valence-corrected chi connectivity index (χ3v) is 1.82. The van der Waals surface area contributed by atoms with Crippen molar-refractivity contribution in [1.82, 2.24) is 4.98 Å². The predicted molar refractivity (Wildman–Crippen MR) is 45.4 cm³/mol. The summed E-state index contributed by atoms with van der Waals surface area (Å²) in [6, 6.07) is 1.44. The van der Waals surface area contributed by atoms with E-state index >= 15 is 0 Å². The van der Waals surface area contributed by atoms with E-state index in [0.29, 0.717) is 10.4 Å². The van der Waals surface area contributed by atoms with Crippen LogP contribution in [0.2, 0.25) is 0 Å². The Morgan fingerprint density at radius 3 is 2.83 bits per heavy atom. The molecule has 4 nitrogen and oxygen atoms in total. The van der Waals surface area contributed by atoms with Gasteiger partial charge < -0.3 is 9.84 Å². The van der Waals surface area contributed by atoms with Gasteiger partial charge in [-0.1, -0.05) is 0 Å². The van der Waals surface area contributed by atoms with Crippen LogP contribution in [-0.2, 0) is 0 Å². The van der Waals surface area contributed by atoms with Crippen LogP contribution in [0.15, 0.2) is 16.7 Å². The van der Waals surface area contributed by atoms with Gasteiger partial charge in [-0.2, -0.15) is 0 Å². The summed E-state index contributed by atoms with van der Waals surface area (Å²) in [5.41, 5.74) is 0.127. The second-order valence-electron chi connectivity index (χ2n) is 2.02. The van der Waals surface area contributed by atoms with E-state index in [1.807, 2.05) is 0 Å². The molecule has 1 N–H and O–H groups in total. The number of hydrogen-bond donors (Lipinski definition) is 1. The molecule has 0 radical (unpaired) electrons. The van der Waals surface area contributed by atoms with E-state index in [4.69, 9.17) is 9.84 Å². The van der Waals surface area contributed by atoms with E-state index in [1.54, 1.807) is 0 Å². The third kappa shape index (κ3) is 1.73. The molecule has 0 saturated heterocycles. The molecule has 12 heavy (non-hydrogen) atoms. The molecule has 1 aromatic heterocycles. The highest BCUT2D eigenvalue weighted by atomic mass is 79.9. The summed E-state index contributed by atoms with van der Waals surface area (Å²) in [7, 11) is 1.47. The Bertz CT molecular complexity index is 314. The fourth-order valence-electron chi connectivity index (χ4n) is 0.693. The number of rotatable bonds is 2. The molecule has 0 atom stereocenters. The van der Waals surface area contributed by atoms with Crippen LogP contribution in [0.3, 0.4) is 0 Å². The Morgan fingerprint density at radius 2 is 2.42 bits per heavy atom. The minimum atomic E-state index is -1.01. The van der Waals surface area contributed by atoms with E-state index in [-0.39, 0.29) is 5.56 Å². The standard InChI is InChI=1S/C7H6BrNO3/c1-12-6-5(8)2-4(3-9-6)7(10)11/h2-3H,1H3,(H,10,11). The first-order valence-electron chi connectivity index (χ1n) is 3.08. The van der Waals surface area contributed by atoms with Crippen molar-refractivity contribution in [3.05, 3.63) is 22.3 Å². The van der Waals surface area contributed by atoms with E-state index in [0.717, 1.165) is 0 Å². The molecule has 0 saturated carbocycles. The van der Waals surface area contributed by atoms with Crippen molar-refractivity contribution in [2.24, 2.45) is 0 Å². The van der Waals surface area contributed by atoms with Crippen LogP contribution in [0.25, 0.3) is 0 Å². The molecule has 1 heterocycles. The summed E-state index contributed by atoms with van der Waals surface area (Å²) in [5.74, 6) is -0.633. The van der Waals surface area contributed by atoms with Gasteiger partial charge >= 0.3 is 5.97 Å². The van der Waals surface area contributed by atoms with Gasteiger partial charge in [0, 0.05) is 6.20 Å². The number of pyridine rings is 1. The minimum Gasteiger partial charge on any atom is -0.480 e. The zero-order chi connectivity index (χ0) is 9.14. The molecule has 0 unspecified atom stereocenters. The van der Waals surface area contributed by atoms with Gasteiger partial charge in [-0.3, -0.25) is 0 Å². The number of hydrogen-bond acceptors (Lipinski definition) is 3. The average molecular weight is 232 g/mol. The van der Waals surface area contributed by atoms with E-state index in [2.05, 4.69) is 20.9 Å². The molecule has 0 fully saturated rings. The van der Waals surface area contributed by atoms with Crippen LogP contribution in [0.4, 0.5) is 0 Å². The second-order valence-corrected chi connectivity index (χ2v) is 2.87. The van der Waals surface area contributed by atoms with Gasteiger partial charge in [0.25, 0.3) is 0 Å². The molecule has 1 rings (SSSR count). The number of carboxylic acid groups (broad SMARTS) is 1. The first-order valence-corrected chi connectivity index (χ1v) is 3.87. The molecule has 0 aromatic carbocycles. The first kappa shape index (κ1) is 8.99. The number of ether oxygens (including phenoxy) is 1. The summed E-state index contributed by atoms with van der Waals surface area (Å²) >= 11 is 3.12. The fourth-order valence-corrected chi connectivity index (χ4v) is 1.20. The first-order chi connectivity index (χ1) is 5.65. The maximum absolute atomic E-state index is 10.5. The molecule has 0 spiro atoms. The number of aromatic carboxylic acids is 1. The highest BCUT2D eigenvalue weighted by molar-refractivity contribution is 9.10. The molecule has 0 aliphatic heterocycles. The van der Waals surface area contributed by atoms with Crippen LogP contribution < -0.4 is 4.74 Å². The molecule has 5 heteroatoms. The Balaban J connectivity index is 3.10. The lowest BCUT2D eigenvalue weighted by atomic mass is 10.3. The van der Waals surface area contributed by atoms with Crippen LogP contribution in [0, 0.1) is 0 Å². The Labute approximate surface area is 77.3 Å². The van der Waals surface area contributed by atoms with Crippen molar-refractivity contribution < 1.29 is 14.6 Å². The maximum Gasteiger partial charge on any atom is 0.337 e. The molecular formula is C7H6BrNO3. The SMILES string of the molecule is COc1ncc(C(=O)O)cc1Br. The molecule has 1 aromatic rings. The lowest BCUT2D eigenvalue weighted by Crippen LogP contribution is -1.98. The summed E-state index contributed by atoms with van der Waals surface area (Å²) in [6.07, 6.45) is 1.24. The highest BCUT2D eigenvalue weighted by Crippen LogP contribution is 2.22. The smallest absolute Gasteiger partial charge is 0.337 e. The number of aromatic nitrogens is 1. The topological polar surface area (TPSA) is 59.4 Å². The van der Waals surface area contributed by atoms with Crippen LogP contribution in [0.1, 0.15) is 10.4 Å². The van der Waals surface area contributed by atoms with Gasteiger partial charge in [0.1, 0.15) is 0 Å². The van der Waals surface area contributed by atoms with Gasteiger partial charge in [-0.05, 0) is 22.0 Å². The number of carboxylic acids is 1. The highest BCUT2D eigenvalue weighted by Gasteiger charge is 2.07. The second kappa shape index (κ2) is 3.53. The zero-order valence-corrected chi connectivity index (χ0v) is 7.83. The number of carbonyl (C=O) groups is 1. The van der Waals surface area contributed by atoms with Crippen molar-refractivity contribution in [2.75, 3.05) is 7.11 Å². The van der Waals surface area contributed by atoms with Crippen molar-refractivity contribution in [3.8, 4) is 5.88 Å². The molecular weight excluding hydrogens is 226 g/mol. The van der Waals surface area contributed by atoms with E-state index < -0.39 is 5.97 Å². The van der Waals surface area contributed by atoms with Gasteiger partial charge in [0.2, 0.25) is 5.88 Å². The lowest BCUT2D eigenvalue weighted by Gasteiger charge is -2.01. The number of halogens is 1. The summed E-state index contributed by atoms with van der Waals surface area (Å²) in [6.45, 7) is 0. The zero-order valence-electron chi connectivity index (χ0n) is 6.24. The third-order valence-electron chi connectivity index (χ3n) is 1.25. The largest absolute Gasteiger partial charge is 0.480 e. The van der Waals surface area contributed by atoms with Crippen LogP contribution in [0.5, 0.6) is 5.88 Å². The number of nitrogens with zero attached hydrogens (tertiary/aromatic N) is 1. The van der Waals surface area contributed by atoms with Crippen LogP contribution >= 0.6 is 15.9 Å². The minimum absolute atomic E-state index is 0.127. The predicted octanol–water partition coefficient (Wildman–Crippen LogP) is 1.55. The normalized spacial score (nSPS) is 9.50. The Hall–Kier alpha value is -1.10. The molecule has 0 bridgehead atoms. The Morgan fingerprint density at radius 1 is 1.75 bits per heavy atom. The quantitative estimate of drug-likeness (QED) is 0.840. The molecule has 0 amide bonds. The summed E-state index contributed by atoms with van der Waals surface area (Å²) in [4.78, 5) is 14.2. The van der Waals surface area contributed by atoms with E-state index in [1.165, 1.54) is 19.4 Å². The Kier molecular flexibility index (Phi) is 2.65. The summed E-state index contributed by atoms with van der Waals surface area (Å²) < 4.78 is 5.36. The molecule has 0 aliphatic carbocycles. The average Bonchev–Trinajstić information content (AvgIpc) is 2.04. The van der Waals surface area contributed by atoms with Gasteiger partial charge in [0.05, 0.1) is 17.1 Å². The monoisotopic (exact) mass is 231 g/mol. The lowest BCUT2D eigenvalue weighted by molar-refractivity contribution is 0.0696. The molecule has 64 valence electrons. The van der Waals surface area contributed by atoms with Gasteiger partial charge in [-0.25, -0.2) is 9.78 Å². The van der Waals surface area contributed by atoms with E-state index in [9.17, 15) is 4.79 Å². The van der Waals surface area contributed by atoms with Crippen molar-refractivity contribution in [2.45, 2.75) is 0 Å². The molecule has 0 aliphatic rings. The summed E-state index contributed by atoms with van der Waals surface area (Å²) in [5, 5.41) is 8.57. The van der Waals surface area contributed by atoms with Crippen molar-refractivity contribution in [3.63, 3.8) is 0 Å². The van der Waals surface area contributed by atoms with Crippen molar-refractivity contribution in [1.29, 1.82) is 0 Å². The van der Waals surface area contributed by atoms with Crippen molar-refractivity contribution >= 4 is 21.9 Å². The fraction of sp³-hybridized carbons (Fsp3) is 0.143. The van der Waals surface area contributed by atoms with Gasteiger partial charge in [-0.15, -0.1) is 0 Å². The van der Waals surface area contributed by atoms with Crippen LogP contribution in [-0.4, -0.2) is 23.2 Å².